The van der Waals surface area contributed by atoms with E-state index in [9.17, 15) is 21.6 Å². The highest BCUT2D eigenvalue weighted by Crippen LogP contribution is 2.37. The van der Waals surface area contributed by atoms with Gasteiger partial charge in [0.25, 0.3) is 0 Å². The average Bonchev–Trinajstić information content (AvgIpc) is 2.28. The van der Waals surface area contributed by atoms with E-state index in [0.29, 0.717) is 0 Å². The van der Waals surface area contributed by atoms with E-state index in [4.69, 9.17) is 5.26 Å². The number of nitrogens with one attached hydrogen (secondary N) is 1. The van der Waals surface area contributed by atoms with Crippen LogP contribution in [0.1, 0.15) is 6.92 Å². The van der Waals surface area contributed by atoms with Gasteiger partial charge in [0.15, 0.2) is 4.91 Å². The number of benzene rings is 1. The van der Waals surface area contributed by atoms with Crippen LogP contribution >= 0.6 is 0 Å². The predicted octanol–water partition coefficient (Wildman–Crippen LogP) is 2.54. The molecular weight excluding hydrogens is 297 g/mol. The molecule has 0 atom stereocenters. The molecule has 0 bridgehead atoms. The minimum Gasteiger partial charge on any atom is -0.406 e. The van der Waals surface area contributed by atoms with Crippen LogP contribution < -0.4 is 10.1 Å². The van der Waals surface area contributed by atoms with E-state index in [0.717, 1.165) is 18.2 Å². The molecule has 1 N–H and O–H groups in total. The fourth-order valence-electron chi connectivity index (χ4n) is 1.74. The Bertz CT molecular complexity index is 745. The molecule has 0 aromatic heterocycles. The highest BCUT2D eigenvalue weighted by Gasteiger charge is 2.34. The summed E-state index contributed by atoms with van der Waals surface area (Å²) in [5.74, 6) is -0.668. The van der Waals surface area contributed by atoms with Crippen LogP contribution in [0.25, 0.3) is 0 Å². The lowest BCUT2D eigenvalue weighted by Crippen LogP contribution is -2.20. The predicted molar refractivity (Wildman–Crippen MR) is 62.2 cm³/mol. The number of rotatable bonds is 1. The van der Waals surface area contributed by atoms with Crippen LogP contribution in [0.5, 0.6) is 5.75 Å². The second-order valence-corrected chi connectivity index (χ2v) is 5.76. The summed E-state index contributed by atoms with van der Waals surface area (Å²) >= 11 is 0. The van der Waals surface area contributed by atoms with Gasteiger partial charge >= 0.3 is 6.36 Å². The van der Waals surface area contributed by atoms with E-state index in [-0.39, 0.29) is 11.4 Å². The first-order valence-electron chi connectivity index (χ1n) is 5.18. The standard InChI is InChI=1S/C11H7F3N2O3S/c1-6-10(5-15)20(17,18)9-4-7(19-11(12,13)14)2-3-8(9)16-6/h2-4,16H,1H3. The van der Waals surface area contributed by atoms with Crippen molar-refractivity contribution in [1.82, 2.24) is 0 Å². The van der Waals surface area contributed by atoms with Crippen LogP contribution in [0, 0.1) is 11.3 Å². The number of halogens is 3. The van der Waals surface area contributed by atoms with E-state index in [2.05, 4.69) is 10.1 Å². The second kappa shape index (κ2) is 4.42. The maximum absolute atomic E-state index is 12.1. The van der Waals surface area contributed by atoms with Crippen LogP contribution in [0.2, 0.25) is 0 Å². The molecule has 0 saturated heterocycles. The molecule has 1 aromatic rings. The second-order valence-electron chi connectivity index (χ2n) is 3.90. The van der Waals surface area contributed by atoms with Crippen molar-refractivity contribution in [1.29, 1.82) is 5.26 Å². The van der Waals surface area contributed by atoms with Crippen molar-refractivity contribution in [3.8, 4) is 11.8 Å². The molecule has 0 spiro atoms. The molecule has 1 aromatic carbocycles. The van der Waals surface area contributed by atoms with Gasteiger partial charge in [-0.1, -0.05) is 0 Å². The molecule has 2 rings (SSSR count). The zero-order chi connectivity index (χ0) is 15.1. The molecular formula is C11H7F3N2O3S. The third-order valence-corrected chi connectivity index (χ3v) is 4.36. The number of nitriles is 1. The Kier molecular flexibility index (Phi) is 3.14. The maximum atomic E-state index is 12.1. The molecule has 0 aliphatic carbocycles. The van der Waals surface area contributed by atoms with Crippen LogP contribution in [0.15, 0.2) is 33.7 Å². The number of hydrogen-bond acceptors (Lipinski definition) is 5. The fourth-order valence-corrected chi connectivity index (χ4v) is 3.21. The molecule has 0 saturated carbocycles. The van der Waals surface area contributed by atoms with Crippen molar-refractivity contribution in [2.24, 2.45) is 0 Å². The van der Waals surface area contributed by atoms with Crippen molar-refractivity contribution in [2.75, 3.05) is 5.32 Å². The third kappa shape index (κ3) is 2.42. The first kappa shape index (κ1) is 14.2. The van der Waals surface area contributed by atoms with Crippen LogP contribution in [-0.2, 0) is 9.84 Å². The summed E-state index contributed by atoms with van der Waals surface area (Å²) in [6.07, 6.45) is -4.93. The molecule has 1 aliphatic rings. The molecule has 20 heavy (non-hydrogen) atoms. The fraction of sp³-hybridized carbons (Fsp3) is 0.182. The Morgan fingerprint density at radius 3 is 2.55 bits per heavy atom. The normalized spacial score (nSPS) is 16.9. The summed E-state index contributed by atoms with van der Waals surface area (Å²) < 4.78 is 64.2. The Hall–Kier alpha value is -2.21. The van der Waals surface area contributed by atoms with Crippen molar-refractivity contribution < 1.29 is 26.3 Å². The van der Waals surface area contributed by atoms with Crippen LogP contribution in [0.3, 0.4) is 0 Å². The Balaban J connectivity index is 2.57. The van der Waals surface area contributed by atoms with Gasteiger partial charge in [0, 0.05) is 11.8 Å². The van der Waals surface area contributed by atoms with Gasteiger partial charge in [0.1, 0.15) is 11.8 Å². The number of alkyl halides is 3. The van der Waals surface area contributed by atoms with Crippen molar-refractivity contribution in [3.63, 3.8) is 0 Å². The summed E-state index contributed by atoms with van der Waals surface area (Å²) in [6, 6.07) is 4.38. The van der Waals surface area contributed by atoms with Gasteiger partial charge in [-0.05, 0) is 19.1 Å². The van der Waals surface area contributed by atoms with Crippen molar-refractivity contribution in [2.45, 2.75) is 18.2 Å². The Labute approximate surface area is 112 Å². The van der Waals surface area contributed by atoms with E-state index >= 15 is 0 Å². The minimum absolute atomic E-state index is 0.0935. The summed E-state index contributed by atoms with van der Waals surface area (Å²) in [5.41, 5.74) is 0.209. The number of sulfone groups is 1. The molecule has 0 fully saturated rings. The lowest BCUT2D eigenvalue weighted by Gasteiger charge is -2.20. The van der Waals surface area contributed by atoms with Crippen molar-refractivity contribution in [3.05, 3.63) is 28.8 Å². The molecule has 1 heterocycles. The third-order valence-electron chi connectivity index (χ3n) is 2.51. The number of anilines is 1. The molecule has 0 amide bonds. The number of hydrogen-bond donors (Lipinski definition) is 1. The van der Waals surface area contributed by atoms with Gasteiger partial charge in [-0.2, -0.15) is 5.26 Å². The number of nitrogens with zero attached hydrogens (tertiary/aromatic N) is 1. The molecule has 5 nitrogen and oxygen atoms in total. The number of ether oxygens (including phenoxy) is 1. The van der Waals surface area contributed by atoms with Crippen LogP contribution in [0.4, 0.5) is 18.9 Å². The maximum Gasteiger partial charge on any atom is 0.573 e. The zero-order valence-corrected chi connectivity index (χ0v) is 10.8. The Morgan fingerprint density at radius 1 is 1.35 bits per heavy atom. The minimum atomic E-state index is -4.93. The number of fused-ring (bicyclic) bond motifs is 1. The lowest BCUT2D eigenvalue weighted by molar-refractivity contribution is -0.274. The zero-order valence-electron chi connectivity index (χ0n) is 9.95. The molecule has 106 valence electrons. The van der Waals surface area contributed by atoms with Gasteiger partial charge < -0.3 is 10.1 Å². The quantitative estimate of drug-likeness (QED) is 0.862. The van der Waals surface area contributed by atoms with E-state index < -0.39 is 31.7 Å². The molecule has 0 radical (unpaired) electrons. The summed E-state index contributed by atoms with van der Waals surface area (Å²) in [5, 5.41) is 11.5. The lowest BCUT2D eigenvalue weighted by atomic mass is 10.2. The van der Waals surface area contributed by atoms with Gasteiger partial charge in [-0.15, -0.1) is 13.2 Å². The summed E-state index contributed by atoms with van der Waals surface area (Å²) in [4.78, 5) is -0.962. The number of allylic oxidation sites excluding steroid dienone is 2. The van der Waals surface area contributed by atoms with Gasteiger partial charge in [-0.25, -0.2) is 8.42 Å². The smallest absolute Gasteiger partial charge is 0.406 e. The topological polar surface area (TPSA) is 79.2 Å². The van der Waals surface area contributed by atoms with E-state index in [1.165, 1.54) is 13.0 Å². The van der Waals surface area contributed by atoms with Crippen molar-refractivity contribution >= 4 is 15.5 Å². The highest BCUT2D eigenvalue weighted by atomic mass is 32.2. The Morgan fingerprint density at radius 2 is 2.00 bits per heavy atom. The average molecular weight is 304 g/mol. The highest BCUT2D eigenvalue weighted by molar-refractivity contribution is 7.95. The monoisotopic (exact) mass is 304 g/mol. The summed E-state index contributed by atoms with van der Waals surface area (Å²) in [6.45, 7) is 1.39. The molecule has 1 aliphatic heterocycles. The molecule has 9 heteroatoms. The van der Waals surface area contributed by atoms with Gasteiger partial charge in [0.2, 0.25) is 9.84 Å². The van der Waals surface area contributed by atoms with Crippen LogP contribution in [-0.4, -0.2) is 14.8 Å². The first-order valence-corrected chi connectivity index (χ1v) is 6.66. The van der Waals surface area contributed by atoms with E-state index in [1.807, 2.05) is 0 Å². The largest absolute Gasteiger partial charge is 0.573 e. The van der Waals surface area contributed by atoms with Gasteiger partial charge in [-0.3, -0.25) is 0 Å². The molecule has 0 unspecified atom stereocenters. The summed E-state index contributed by atoms with van der Waals surface area (Å²) in [7, 11) is -4.15. The van der Waals surface area contributed by atoms with E-state index in [1.54, 1.807) is 0 Å². The van der Waals surface area contributed by atoms with Gasteiger partial charge in [0.05, 0.1) is 10.6 Å². The SMILES string of the molecule is CC1=C(C#N)S(=O)(=O)c2cc(OC(F)(F)F)ccc2N1. The first-order chi connectivity index (χ1) is 9.15.